The van der Waals surface area contributed by atoms with E-state index in [0.717, 1.165) is 39.1 Å². The second-order valence-electron chi connectivity index (χ2n) is 5.60. The fourth-order valence-corrected chi connectivity index (χ4v) is 3.23. The first-order chi connectivity index (χ1) is 9.66. The Balaban J connectivity index is 2.01. The molecule has 1 aliphatic rings. The van der Waals surface area contributed by atoms with Gasteiger partial charge >= 0.3 is 0 Å². The molecule has 0 saturated carbocycles. The Morgan fingerprint density at radius 1 is 1.40 bits per heavy atom. The lowest BCUT2D eigenvalue weighted by atomic mass is 9.76. The highest BCUT2D eigenvalue weighted by Gasteiger charge is 2.41. The van der Waals surface area contributed by atoms with E-state index in [-0.39, 0.29) is 5.41 Å². The van der Waals surface area contributed by atoms with Crippen molar-refractivity contribution in [2.45, 2.75) is 25.9 Å². The SMILES string of the molecule is COCCNCC1(Cc2ccc(I)cc2)CCOC1C. The predicted molar refractivity (Wildman–Crippen MR) is 90.1 cm³/mol. The van der Waals surface area contributed by atoms with Crippen molar-refractivity contribution in [2.75, 3.05) is 33.4 Å². The summed E-state index contributed by atoms with van der Waals surface area (Å²) in [6.45, 7) is 5.73. The zero-order valence-corrected chi connectivity index (χ0v) is 14.5. The quantitative estimate of drug-likeness (QED) is 0.575. The molecule has 20 heavy (non-hydrogen) atoms. The van der Waals surface area contributed by atoms with Gasteiger partial charge in [0, 0.05) is 35.8 Å². The van der Waals surface area contributed by atoms with Crippen LogP contribution in [0, 0.1) is 8.99 Å². The van der Waals surface area contributed by atoms with Gasteiger partial charge in [-0.2, -0.15) is 0 Å². The molecule has 2 atom stereocenters. The zero-order chi connectivity index (χ0) is 14.4. The lowest BCUT2D eigenvalue weighted by molar-refractivity contribution is 0.0619. The summed E-state index contributed by atoms with van der Waals surface area (Å²) in [4.78, 5) is 0. The van der Waals surface area contributed by atoms with Crippen LogP contribution in [0.25, 0.3) is 0 Å². The summed E-state index contributed by atoms with van der Waals surface area (Å²) in [5.41, 5.74) is 1.61. The maximum absolute atomic E-state index is 5.85. The Kier molecular flexibility index (Phi) is 6.26. The lowest BCUT2D eigenvalue weighted by Gasteiger charge is -2.33. The molecule has 0 radical (unpaired) electrons. The predicted octanol–water partition coefficient (Wildman–Crippen LogP) is 2.86. The van der Waals surface area contributed by atoms with E-state index in [2.05, 4.69) is 59.1 Å². The standard InChI is InChI=1S/C16H24INO2/c1-13-16(7-9-20-13,12-18-8-10-19-2)11-14-3-5-15(17)6-4-14/h3-6,13,18H,7-12H2,1-2H3. The molecule has 1 aromatic rings. The minimum absolute atomic E-state index is 0.209. The number of hydrogen-bond donors (Lipinski definition) is 1. The first-order valence-electron chi connectivity index (χ1n) is 7.22. The van der Waals surface area contributed by atoms with Gasteiger partial charge in [-0.25, -0.2) is 0 Å². The maximum atomic E-state index is 5.85. The number of methoxy groups -OCH3 is 1. The summed E-state index contributed by atoms with van der Waals surface area (Å²) < 4.78 is 12.2. The highest BCUT2D eigenvalue weighted by atomic mass is 127. The first-order valence-corrected chi connectivity index (χ1v) is 8.30. The van der Waals surface area contributed by atoms with Gasteiger partial charge in [-0.05, 0) is 60.1 Å². The van der Waals surface area contributed by atoms with Gasteiger partial charge in [0.2, 0.25) is 0 Å². The van der Waals surface area contributed by atoms with Crippen molar-refractivity contribution in [1.82, 2.24) is 5.32 Å². The maximum Gasteiger partial charge on any atom is 0.0619 e. The van der Waals surface area contributed by atoms with Crippen LogP contribution in [0.3, 0.4) is 0 Å². The van der Waals surface area contributed by atoms with Crippen molar-refractivity contribution in [3.05, 3.63) is 33.4 Å². The van der Waals surface area contributed by atoms with Crippen molar-refractivity contribution < 1.29 is 9.47 Å². The third kappa shape index (κ3) is 4.16. The molecule has 1 heterocycles. The van der Waals surface area contributed by atoms with Gasteiger partial charge in [0.05, 0.1) is 12.7 Å². The van der Waals surface area contributed by atoms with Crippen molar-refractivity contribution in [2.24, 2.45) is 5.41 Å². The number of nitrogens with one attached hydrogen (secondary N) is 1. The third-order valence-electron chi connectivity index (χ3n) is 4.26. The number of benzene rings is 1. The third-order valence-corrected chi connectivity index (χ3v) is 4.98. The van der Waals surface area contributed by atoms with Gasteiger partial charge in [0.1, 0.15) is 0 Å². The van der Waals surface area contributed by atoms with E-state index in [1.54, 1.807) is 7.11 Å². The van der Waals surface area contributed by atoms with Gasteiger partial charge in [0.15, 0.2) is 0 Å². The highest BCUT2D eigenvalue weighted by Crippen LogP contribution is 2.37. The topological polar surface area (TPSA) is 30.5 Å². The molecule has 1 saturated heterocycles. The molecule has 0 bridgehead atoms. The molecule has 4 heteroatoms. The van der Waals surface area contributed by atoms with Crippen LogP contribution in [0.5, 0.6) is 0 Å². The molecule has 2 unspecified atom stereocenters. The Labute approximate surface area is 135 Å². The molecule has 0 amide bonds. The molecule has 0 aliphatic carbocycles. The van der Waals surface area contributed by atoms with Crippen molar-refractivity contribution in [3.8, 4) is 0 Å². The Hall–Kier alpha value is -0.170. The summed E-state index contributed by atoms with van der Waals surface area (Å²) in [5.74, 6) is 0. The largest absolute Gasteiger partial charge is 0.383 e. The Morgan fingerprint density at radius 3 is 2.75 bits per heavy atom. The number of rotatable bonds is 7. The fourth-order valence-electron chi connectivity index (χ4n) is 2.87. The number of ether oxygens (including phenoxy) is 2. The number of hydrogen-bond acceptors (Lipinski definition) is 3. The van der Waals surface area contributed by atoms with E-state index in [1.807, 2.05) is 0 Å². The monoisotopic (exact) mass is 389 g/mol. The fraction of sp³-hybridized carbons (Fsp3) is 0.625. The molecule has 1 fully saturated rings. The molecule has 2 rings (SSSR count). The second-order valence-corrected chi connectivity index (χ2v) is 6.84. The lowest BCUT2D eigenvalue weighted by Crippen LogP contribution is -2.42. The molecule has 0 spiro atoms. The van der Waals surface area contributed by atoms with Crippen LogP contribution in [0.1, 0.15) is 18.9 Å². The number of halogens is 1. The van der Waals surface area contributed by atoms with Gasteiger partial charge in [-0.1, -0.05) is 12.1 Å². The highest BCUT2D eigenvalue weighted by molar-refractivity contribution is 14.1. The van der Waals surface area contributed by atoms with E-state index < -0.39 is 0 Å². The van der Waals surface area contributed by atoms with Crippen molar-refractivity contribution in [3.63, 3.8) is 0 Å². The van der Waals surface area contributed by atoms with Crippen LogP contribution in [-0.4, -0.2) is 39.5 Å². The summed E-state index contributed by atoms with van der Waals surface area (Å²) >= 11 is 2.35. The average Bonchev–Trinajstić information content (AvgIpc) is 2.79. The molecule has 3 nitrogen and oxygen atoms in total. The van der Waals surface area contributed by atoms with Crippen molar-refractivity contribution >= 4 is 22.6 Å². The van der Waals surface area contributed by atoms with E-state index in [1.165, 1.54) is 9.13 Å². The van der Waals surface area contributed by atoms with Crippen molar-refractivity contribution in [1.29, 1.82) is 0 Å². The van der Waals surface area contributed by atoms with E-state index in [0.29, 0.717) is 6.10 Å². The Morgan fingerprint density at radius 2 is 2.15 bits per heavy atom. The van der Waals surface area contributed by atoms with Gasteiger partial charge < -0.3 is 14.8 Å². The molecular formula is C16H24INO2. The van der Waals surface area contributed by atoms with Crippen LogP contribution in [0.15, 0.2) is 24.3 Å². The Bertz CT molecular complexity index is 409. The molecule has 112 valence electrons. The van der Waals surface area contributed by atoms with Gasteiger partial charge in [-0.3, -0.25) is 0 Å². The van der Waals surface area contributed by atoms with Crippen LogP contribution in [0.4, 0.5) is 0 Å². The minimum atomic E-state index is 0.209. The zero-order valence-electron chi connectivity index (χ0n) is 12.3. The normalized spacial score (nSPS) is 26.1. The molecule has 1 aromatic carbocycles. The minimum Gasteiger partial charge on any atom is -0.383 e. The van der Waals surface area contributed by atoms with Crippen LogP contribution < -0.4 is 5.32 Å². The summed E-state index contributed by atoms with van der Waals surface area (Å²) in [5, 5.41) is 3.52. The molecular weight excluding hydrogens is 365 g/mol. The summed E-state index contributed by atoms with van der Waals surface area (Å²) in [6, 6.07) is 8.85. The molecule has 1 aliphatic heterocycles. The molecule has 1 N–H and O–H groups in total. The second kappa shape index (κ2) is 7.73. The molecule has 0 aromatic heterocycles. The van der Waals surface area contributed by atoms with Gasteiger partial charge in [-0.15, -0.1) is 0 Å². The first kappa shape index (κ1) is 16.2. The summed E-state index contributed by atoms with van der Waals surface area (Å²) in [7, 11) is 1.74. The van der Waals surface area contributed by atoms with Crippen LogP contribution in [-0.2, 0) is 15.9 Å². The summed E-state index contributed by atoms with van der Waals surface area (Å²) in [6.07, 6.45) is 2.50. The van der Waals surface area contributed by atoms with Gasteiger partial charge in [0.25, 0.3) is 0 Å². The van der Waals surface area contributed by atoms with E-state index in [4.69, 9.17) is 9.47 Å². The van der Waals surface area contributed by atoms with Crippen LogP contribution in [0.2, 0.25) is 0 Å². The van der Waals surface area contributed by atoms with Crippen LogP contribution >= 0.6 is 22.6 Å². The smallest absolute Gasteiger partial charge is 0.0619 e. The van der Waals surface area contributed by atoms with E-state index >= 15 is 0 Å². The van der Waals surface area contributed by atoms with E-state index in [9.17, 15) is 0 Å². The average molecular weight is 389 g/mol.